The minimum atomic E-state index is -4.61. The van der Waals surface area contributed by atoms with Crippen molar-refractivity contribution < 1.29 is 18.0 Å². The zero-order chi connectivity index (χ0) is 15.8. The lowest BCUT2D eigenvalue weighted by molar-refractivity contribution is -0.137. The Balaban J connectivity index is 2.36. The van der Waals surface area contributed by atoms with Gasteiger partial charge < -0.3 is 16.4 Å². The van der Waals surface area contributed by atoms with Gasteiger partial charge in [0.2, 0.25) is 5.91 Å². The van der Waals surface area contributed by atoms with E-state index in [9.17, 15) is 18.0 Å². The number of nitrogens with two attached hydrogens (primary N) is 2. The summed E-state index contributed by atoms with van der Waals surface area (Å²) in [4.78, 5) is 13.0. The number of piperidine rings is 1. The van der Waals surface area contributed by atoms with Gasteiger partial charge in [-0.3, -0.25) is 4.79 Å². The van der Waals surface area contributed by atoms with Gasteiger partial charge in [0.05, 0.1) is 11.1 Å². The molecule has 1 aliphatic heterocycles. The van der Waals surface area contributed by atoms with Gasteiger partial charge in [0.25, 0.3) is 0 Å². The summed E-state index contributed by atoms with van der Waals surface area (Å²) in [5.41, 5.74) is 9.86. The minimum absolute atomic E-state index is 0.0632. The lowest BCUT2D eigenvalue weighted by Crippen LogP contribution is -2.46. The maximum atomic E-state index is 13.0. The molecule has 21 heavy (non-hydrogen) atoms. The highest BCUT2D eigenvalue weighted by atomic mass is 19.4. The standard InChI is InChI=1S/C14H18F3N3O/c1-8-7-20(5-4-12(8)18)9-2-3-10(13(19)21)11(6-9)14(15,16)17/h2-3,6,8,12H,4-5,7,18H2,1H3,(H2,19,21). The van der Waals surface area contributed by atoms with Crippen LogP contribution in [0.4, 0.5) is 18.9 Å². The molecule has 1 saturated heterocycles. The van der Waals surface area contributed by atoms with E-state index in [0.29, 0.717) is 18.8 Å². The predicted molar refractivity (Wildman–Crippen MR) is 73.9 cm³/mol. The number of hydrogen-bond acceptors (Lipinski definition) is 3. The van der Waals surface area contributed by atoms with Gasteiger partial charge in [0, 0.05) is 24.8 Å². The zero-order valence-electron chi connectivity index (χ0n) is 11.7. The third kappa shape index (κ3) is 3.29. The van der Waals surface area contributed by atoms with E-state index in [0.717, 1.165) is 18.6 Å². The Morgan fingerprint density at radius 1 is 1.38 bits per heavy atom. The second kappa shape index (κ2) is 5.55. The van der Waals surface area contributed by atoms with Gasteiger partial charge in [0.1, 0.15) is 0 Å². The van der Waals surface area contributed by atoms with E-state index in [2.05, 4.69) is 0 Å². The highest BCUT2D eigenvalue weighted by molar-refractivity contribution is 5.95. The molecular formula is C14H18F3N3O. The summed E-state index contributed by atoms with van der Waals surface area (Å²) < 4.78 is 39.1. The number of carbonyl (C=O) groups excluding carboxylic acids is 1. The second-order valence-electron chi connectivity index (χ2n) is 5.47. The van der Waals surface area contributed by atoms with Crippen LogP contribution in [0.25, 0.3) is 0 Å². The monoisotopic (exact) mass is 301 g/mol. The molecule has 0 aromatic heterocycles. The molecule has 4 nitrogen and oxygen atoms in total. The van der Waals surface area contributed by atoms with Crippen LogP contribution >= 0.6 is 0 Å². The smallest absolute Gasteiger partial charge is 0.371 e. The highest BCUT2D eigenvalue weighted by Crippen LogP contribution is 2.35. The molecule has 1 fully saturated rings. The van der Waals surface area contributed by atoms with Gasteiger partial charge in [-0.1, -0.05) is 6.92 Å². The first-order valence-electron chi connectivity index (χ1n) is 6.71. The number of nitrogens with zero attached hydrogens (tertiary/aromatic N) is 1. The number of amides is 1. The molecule has 2 rings (SSSR count). The van der Waals surface area contributed by atoms with Crippen molar-refractivity contribution in [1.82, 2.24) is 0 Å². The van der Waals surface area contributed by atoms with Gasteiger partial charge in [-0.15, -0.1) is 0 Å². The normalized spacial score (nSPS) is 23.2. The summed E-state index contributed by atoms with van der Waals surface area (Å²) in [6.07, 6.45) is -3.89. The van der Waals surface area contributed by atoms with Crippen LogP contribution < -0.4 is 16.4 Å². The SMILES string of the molecule is CC1CN(c2ccc(C(N)=O)c(C(F)(F)F)c2)CCC1N. The van der Waals surface area contributed by atoms with Crippen molar-refractivity contribution in [2.45, 2.75) is 25.6 Å². The lowest BCUT2D eigenvalue weighted by Gasteiger charge is -2.37. The third-order valence-corrected chi connectivity index (χ3v) is 3.91. The average molecular weight is 301 g/mol. The summed E-state index contributed by atoms with van der Waals surface area (Å²) in [7, 11) is 0. The van der Waals surface area contributed by atoms with Crippen LogP contribution in [0.15, 0.2) is 18.2 Å². The van der Waals surface area contributed by atoms with Crippen molar-refractivity contribution in [3.63, 3.8) is 0 Å². The van der Waals surface area contributed by atoms with Crippen LogP contribution in [0, 0.1) is 5.92 Å². The Morgan fingerprint density at radius 3 is 2.57 bits per heavy atom. The predicted octanol–water partition coefficient (Wildman–Crippen LogP) is 1.98. The van der Waals surface area contributed by atoms with Crippen molar-refractivity contribution in [3.05, 3.63) is 29.3 Å². The Morgan fingerprint density at radius 2 is 2.05 bits per heavy atom. The maximum Gasteiger partial charge on any atom is 0.417 e. The molecule has 1 heterocycles. The summed E-state index contributed by atoms with van der Waals surface area (Å²) in [6, 6.07) is 3.69. The highest BCUT2D eigenvalue weighted by Gasteiger charge is 2.36. The fraction of sp³-hybridized carbons (Fsp3) is 0.500. The third-order valence-electron chi connectivity index (χ3n) is 3.91. The van der Waals surface area contributed by atoms with Gasteiger partial charge >= 0.3 is 6.18 Å². The molecule has 0 spiro atoms. The van der Waals surface area contributed by atoms with E-state index in [1.165, 1.54) is 6.07 Å². The zero-order valence-corrected chi connectivity index (χ0v) is 11.7. The van der Waals surface area contributed by atoms with Crippen LogP contribution in [0.5, 0.6) is 0 Å². The molecule has 0 bridgehead atoms. The Bertz CT molecular complexity index is 545. The van der Waals surface area contributed by atoms with Crippen molar-refractivity contribution in [2.75, 3.05) is 18.0 Å². The quantitative estimate of drug-likeness (QED) is 0.877. The minimum Gasteiger partial charge on any atom is -0.371 e. The maximum absolute atomic E-state index is 13.0. The summed E-state index contributed by atoms with van der Waals surface area (Å²) in [5.74, 6) is -0.883. The first kappa shape index (κ1) is 15.6. The molecule has 1 aliphatic rings. The van der Waals surface area contributed by atoms with Crippen molar-refractivity contribution >= 4 is 11.6 Å². The van der Waals surface area contributed by atoms with Gasteiger partial charge in [0.15, 0.2) is 0 Å². The van der Waals surface area contributed by atoms with Crippen LogP contribution in [0.2, 0.25) is 0 Å². The number of halogens is 3. The van der Waals surface area contributed by atoms with Gasteiger partial charge in [-0.25, -0.2) is 0 Å². The number of rotatable bonds is 2. The van der Waals surface area contributed by atoms with Gasteiger partial charge in [-0.05, 0) is 30.5 Å². The fourth-order valence-electron chi connectivity index (χ4n) is 2.58. The number of carbonyl (C=O) groups is 1. The van der Waals surface area contributed by atoms with E-state index in [-0.39, 0.29) is 12.0 Å². The first-order chi connectivity index (χ1) is 9.70. The van der Waals surface area contributed by atoms with E-state index < -0.39 is 23.2 Å². The molecule has 2 atom stereocenters. The van der Waals surface area contributed by atoms with Crippen LogP contribution in [-0.2, 0) is 6.18 Å². The molecule has 1 amide bonds. The topological polar surface area (TPSA) is 72.3 Å². The van der Waals surface area contributed by atoms with Crippen molar-refractivity contribution in [3.8, 4) is 0 Å². The number of hydrogen-bond donors (Lipinski definition) is 2. The molecule has 1 aromatic carbocycles. The number of benzene rings is 1. The molecule has 0 saturated carbocycles. The Hall–Kier alpha value is -1.76. The van der Waals surface area contributed by atoms with Crippen molar-refractivity contribution in [1.29, 1.82) is 0 Å². The molecule has 7 heteroatoms. The molecule has 0 radical (unpaired) electrons. The van der Waals surface area contributed by atoms with Crippen LogP contribution in [-0.4, -0.2) is 25.0 Å². The summed E-state index contributed by atoms with van der Waals surface area (Å²) in [5, 5.41) is 0. The summed E-state index contributed by atoms with van der Waals surface area (Å²) >= 11 is 0. The average Bonchev–Trinajstić information content (AvgIpc) is 2.40. The molecule has 4 N–H and O–H groups in total. The van der Waals surface area contributed by atoms with E-state index >= 15 is 0 Å². The summed E-state index contributed by atoms with van der Waals surface area (Å²) in [6.45, 7) is 3.16. The van der Waals surface area contributed by atoms with Gasteiger partial charge in [-0.2, -0.15) is 13.2 Å². The molecular weight excluding hydrogens is 283 g/mol. The largest absolute Gasteiger partial charge is 0.417 e. The van der Waals surface area contributed by atoms with E-state index in [1.54, 1.807) is 0 Å². The Kier molecular flexibility index (Phi) is 4.13. The lowest BCUT2D eigenvalue weighted by atomic mass is 9.94. The Labute approximate surface area is 120 Å². The number of primary amides is 1. The van der Waals surface area contributed by atoms with E-state index in [4.69, 9.17) is 11.5 Å². The molecule has 1 aromatic rings. The number of alkyl halides is 3. The second-order valence-corrected chi connectivity index (χ2v) is 5.47. The van der Waals surface area contributed by atoms with E-state index in [1.807, 2.05) is 11.8 Å². The first-order valence-corrected chi connectivity index (χ1v) is 6.71. The molecule has 0 aliphatic carbocycles. The fourth-order valence-corrected chi connectivity index (χ4v) is 2.58. The molecule has 116 valence electrons. The number of anilines is 1. The van der Waals surface area contributed by atoms with Crippen molar-refractivity contribution in [2.24, 2.45) is 17.4 Å². The van der Waals surface area contributed by atoms with Crippen LogP contribution in [0.1, 0.15) is 29.3 Å². The molecule has 2 unspecified atom stereocenters. The van der Waals surface area contributed by atoms with Crippen LogP contribution in [0.3, 0.4) is 0 Å².